The number of aromatic nitrogens is 4. The molecule has 0 unspecified atom stereocenters. The standard InChI is InChI=1S/C14H17F2N5O2S/c1-8(2)21-14(18-19-20-21)24-9(3)12(22)17-10-6-4-5-7-11(10)23-13(15)16/h4-9,13H,1-3H3,(H,17,22)/t9-/m1/s1. The average Bonchev–Trinajstić information content (AvgIpc) is 2.97. The molecule has 0 saturated carbocycles. The number of benzene rings is 1. The number of carbonyl (C=O) groups is 1. The summed E-state index contributed by atoms with van der Waals surface area (Å²) in [5, 5.41) is 13.9. The molecule has 24 heavy (non-hydrogen) atoms. The van der Waals surface area contributed by atoms with Crippen LogP contribution < -0.4 is 10.1 Å². The summed E-state index contributed by atoms with van der Waals surface area (Å²) in [6.07, 6.45) is 0. The van der Waals surface area contributed by atoms with Gasteiger partial charge in [-0.05, 0) is 43.3 Å². The molecule has 0 aliphatic carbocycles. The number of anilines is 1. The second-order valence-corrected chi connectivity index (χ2v) is 6.43. The molecule has 10 heteroatoms. The van der Waals surface area contributed by atoms with Crippen molar-refractivity contribution in [2.24, 2.45) is 0 Å². The highest BCUT2D eigenvalue weighted by Crippen LogP contribution is 2.28. The van der Waals surface area contributed by atoms with Crippen LogP contribution in [0.2, 0.25) is 0 Å². The van der Waals surface area contributed by atoms with E-state index in [-0.39, 0.29) is 23.4 Å². The summed E-state index contributed by atoms with van der Waals surface area (Å²) in [6, 6.07) is 6.07. The molecule has 0 saturated heterocycles. The van der Waals surface area contributed by atoms with Crippen molar-refractivity contribution >= 4 is 23.4 Å². The maximum Gasteiger partial charge on any atom is 0.387 e. The van der Waals surface area contributed by atoms with E-state index in [9.17, 15) is 13.6 Å². The van der Waals surface area contributed by atoms with E-state index in [0.29, 0.717) is 5.16 Å². The van der Waals surface area contributed by atoms with Crippen LogP contribution in [-0.2, 0) is 4.79 Å². The van der Waals surface area contributed by atoms with Gasteiger partial charge in [-0.25, -0.2) is 4.68 Å². The fourth-order valence-corrected chi connectivity index (χ4v) is 2.72. The molecule has 1 amide bonds. The van der Waals surface area contributed by atoms with Crippen molar-refractivity contribution in [1.29, 1.82) is 0 Å². The number of hydrogen-bond acceptors (Lipinski definition) is 6. The van der Waals surface area contributed by atoms with E-state index in [0.717, 1.165) is 0 Å². The van der Waals surface area contributed by atoms with Gasteiger partial charge in [0.25, 0.3) is 0 Å². The fourth-order valence-electron chi connectivity index (χ4n) is 1.80. The molecular weight excluding hydrogens is 340 g/mol. The Kier molecular flexibility index (Phi) is 6.07. The number of carbonyl (C=O) groups excluding carboxylic acids is 1. The number of para-hydroxylation sites is 2. The van der Waals surface area contributed by atoms with Crippen molar-refractivity contribution in [2.45, 2.75) is 43.8 Å². The second kappa shape index (κ2) is 8.04. The highest BCUT2D eigenvalue weighted by molar-refractivity contribution is 8.00. The van der Waals surface area contributed by atoms with Crippen LogP contribution >= 0.6 is 11.8 Å². The molecule has 0 spiro atoms. The smallest absolute Gasteiger partial charge is 0.387 e. The summed E-state index contributed by atoms with van der Waals surface area (Å²) in [5.74, 6) is -0.464. The molecule has 0 radical (unpaired) electrons. The normalized spacial score (nSPS) is 12.5. The summed E-state index contributed by atoms with van der Waals surface area (Å²) >= 11 is 1.18. The van der Waals surface area contributed by atoms with Gasteiger partial charge in [0.2, 0.25) is 11.1 Å². The van der Waals surface area contributed by atoms with Gasteiger partial charge in [0, 0.05) is 0 Å². The van der Waals surface area contributed by atoms with Gasteiger partial charge in [0.15, 0.2) is 0 Å². The Morgan fingerprint density at radius 1 is 1.29 bits per heavy atom. The molecule has 0 aliphatic heterocycles. The molecular formula is C14H17F2N5O2S. The van der Waals surface area contributed by atoms with Crippen LogP contribution in [0.3, 0.4) is 0 Å². The summed E-state index contributed by atoms with van der Waals surface area (Å²) in [5.41, 5.74) is 0.179. The van der Waals surface area contributed by atoms with Gasteiger partial charge in [0.1, 0.15) is 5.75 Å². The van der Waals surface area contributed by atoms with E-state index in [4.69, 9.17) is 0 Å². The van der Waals surface area contributed by atoms with Crippen molar-refractivity contribution in [3.63, 3.8) is 0 Å². The molecule has 130 valence electrons. The van der Waals surface area contributed by atoms with Crippen molar-refractivity contribution in [2.75, 3.05) is 5.32 Å². The number of amides is 1. The predicted molar refractivity (Wildman–Crippen MR) is 85.2 cm³/mol. The molecule has 1 aromatic carbocycles. The van der Waals surface area contributed by atoms with Crippen molar-refractivity contribution < 1.29 is 18.3 Å². The maximum absolute atomic E-state index is 12.4. The number of nitrogens with one attached hydrogen (secondary N) is 1. The third kappa shape index (κ3) is 4.63. The summed E-state index contributed by atoms with van der Waals surface area (Å²) in [7, 11) is 0. The molecule has 1 heterocycles. The quantitative estimate of drug-likeness (QED) is 0.767. The predicted octanol–water partition coefficient (Wildman–Crippen LogP) is 2.97. The van der Waals surface area contributed by atoms with E-state index >= 15 is 0 Å². The van der Waals surface area contributed by atoms with Gasteiger partial charge in [-0.3, -0.25) is 4.79 Å². The van der Waals surface area contributed by atoms with E-state index < -0.39 is 11.9 Å². The molecule has 1 N–H and O–H groups in total. The zero-order valence-corrected chi connectivity index (χ0v) is 14.1. The Labute approximate surface area is 141 Å². The second-order valence-electron chi connectivity index (χ2n) is 5.12. The lowest BCUT2D eigenvalue weighted by Crippen LogP contribution is -2.23. The molecule has 0 aliphatic rings. The third-order valence-corrected chi connectivity index (χ3v) is 4.01. The number of halogens is 2. The number of tetrazole rings is 1. The van der Waals surface area contributed by atoms with Crippen LogP contribution in [0.15, 0.2) is 29.4 Å². The van der Waals surface area contributed by atoms with Gasteiger partial charge in [-0.15, -0.1) is 5.10 Å². The minimum atomic E-state index is -2.97. The van der Waals surface area contributed by atoms with Gasteiger partial charge < -0.3 is 10.1 Å². The van der Waals surface area contributed by atoms with E-state index in [1.807, 2.05) is 13.8 Å². The molecule has 2 aromatic rings. The Morgan fingerprint density at radius 2 is 2.00 bits per heavy atom. The van der Waals surface area contributed by atoms with E-state index in [2.05, 4.69) is 25.6 Å². The van der Waals surface area contributed by atoms with Crippen molar-refractivity contribution in [1.82, 2.24) is 20.2 Å². The van der Waals surface area contributed by atoms with Crippen LogP contribution in [0.5, 0.6) is 5.75 Å². The highest BCUT2D eigenvalue weighted by Gasteiger charge is 2.21. The van der Waals surface area contributed by atoms with Gasteiger partial charge in [-0.2, -0.15) is 8.78 Å². The molecule has 0 fully saturated rings. The zero-order valence-electron chi connectivity index (χ0n) is 13.3. The topological polar surface area (TPSA) is 81.9 Å². The number of thioether (sulfide) groups is 1. The van der Waals surface area contributed by atoms with Crippen LogP contribution in [0.4, 0.5) is 14.5 Å². The lowest BCUT2D eigenvalue weighted by molar-refractivity contribution is -0.115. The Morgan fingerprint density at radius 3 is 2.67 bits per heavy atom. The minimum absolute atomic E-state index is 0.0536. The van der Waals surface area contributed by atoms with Crippen molar-refractivity contribution in [3.05, 3.63) is 24.3 Å². The third-order valence-electron chi connectivity index (χ3n) is 2.96. The molecule has 1 aromatic heterocycles. The first kappa shape index (κ1) is 18.1. The SMILES string of the molecule is CC(C)n1nnnc1S[C@H](C)C(=O)Nc1ccccc1OC(F)F. The number of ether oxygens (including phenoxy) is 1. The fraction of sp³-hybridized carbons (Fsp3) is 0.429. The Balaban J connectivity index is 2.05. The highest BCUT2D eigenvalue weighted by atomic mass is 32.2. The number of hydrogen-bond donors (Lipinski definition) is 1. The zero-order chi connectivity index (χ0) is 17.7. The first-order valence-corrected chi connectivity index (χ1v) is 8.05. The van der Waals surface area contributed by atoms with Gasteiger partial charge in [0.05, 0.1) is 17.0 Å². The maximum atomic E-state index is 12.4. The first-order chi connectivity index (χ1) is 11.4. The van der Waals surface area contributed by atoms with Crippen LogP contribution in [-0.4, -0.2) is 38.0 Å². The molecule has 7 nitrogen and oxygen atoms in total. The minimum Gasteiger partial charge on any atom is -0.433 e. The number of alkyl halides is 2. The molecule has 2 rings (SSSR count). The van der Waals surface area contributed by atoms with Crippen LogP contribution in [0.1, 0.15) is 26.8 Å². The van der Waals surface area contributed by atoms with E-state index in [1.165, 1.54) is 23.9 Å². The molecule has 1 atom stereocenters. The summed E-state index contributed by atoms with van der Waals surface area (Å²) in [6.45, 7) is 2.55. The number of rotatable bonds is 7. The van der Waals surface area contributed by atoms with Crippen LogP contribution in [0.25, 0.3) is 0 Å². The summed E-state index contributed by atoms with van der Waals surface area (Å²) < 4.78 is 30.8. The van der Waals surface area contributed by atoms with Crippen LogP contribution in [0, 0.1) is 0 Å². The first-order valence-electron chi connectivity index (χ1n) is 7.17. The summed E-state index contributed by atoms with van der Waals surface area (Å²) in [4.78, 5) is 12.3. The monoisotopic (exact) mass is 357 g/mol. The van der Waals surface area contributed by atoms with Gasteiger partial charge >= 0.3 is 6.61 Å². The lowest BCUT2D eigenvalue weighted by atomic mass is 10.3. The Hall–Kier alpha value is -2.23. The largest absolute Gasteiger partial charge is 0.433 e. The lowest BCUT2D eigenvalue weighted by Gasteiger charge is -2.15. The average molecular weight is 357 g/mol. The number of nitrogens with zero attached hydrogens (tertiary/aromatic N) is 4. The van der Waals surface area contributed by atoms with Gasteiger partial charge in [-0.1, -0.05) is 23.9 Å². The van der Waals surface area contributed by atoms with Crippen molar-refractivity contribution in [3.8, 4) is 5.75 Å². The Bertz CT molecular complexity index is 695. The van der Waals surface area contributed by atoms with E-state index in [1.54, 1.807) is 23.7 Å². The molecule has 0 bridgehead atoms.